The first-order valence-corrected chi connectivity index (χ1v) is 11.3. The molecule has 2 heterocycles. The van der Waals surface area contributed by atoms with Crippen LogP contribution in [0.2, 0.25) is 5.02 Å². The Morgan fingerprint density at radius 1 is 1.24 bits per heavy atom. The topological polar surface area (TPSA) is 113 Å². The number of aryl methyl sites for hydroxylation is 1. The first kappa shape index (κ1) is 25.7. The van der Waals surface area contributed by atoms with Crippen molar-refractivity contribution >= 4 is 34.8 Å². The lowest BCUT2D eigenvalue weighted by molar-refractivity contribution is -0.306. The Labute approximate surface area is 204 Å². The molecule has 2 amide bonds. The van der Waals surface area contributed by atoms with Crippen molar-refractivity contribution in [2.24, 2.45) is 0 Å². The molecule has 2 aromatic rings. The molecular weight excluding hydrogens is 458 g/mol. The Hall–Kier alpha value is -2.91. The molecule has 0 bridgehead atoms. The van der Waals surface area contributed by atoms with Gasteiger partial charge in [0.15, 0.2) is 0 Å². The molecule has 182 valence electrons. The van der Waals surface area contributed by atoms with Gasteiger partial charge in [0.05, 0.1) is 11.1 Å². The average molecular weight is 488 g/mol. The van der Waals surface area contributed by atoms with E-state index in [0.29, 0.717) is 29.2 Å². The van der Waals surface area contributed by atoms with E-state index in [4.69, 9.17) is 11.6 Å². The molecule has 2 aliphatic rings. The van der Waals surface area contributed by atoms with Crippen LogP contribution in [0.4, 0.5) is 11.4 Å². The quantitative estimate of drug-likeness (QED) is 0.389. The van der Waals surface area contributed by atoms with Crippen molar-refractivity contribution in [3.05, 3.63) is 71.3 Å². The van der Waals surface area contributed by atoms with E-state index in [9.17, 15) is 24.9 Å². The molecule has 0 saturated carbocycles. The number of carbonyl (C=O) groups is 2. The third kappa shape index (κ3) is 5.26. The summed E-state index contributed by atoms with van der Waals surface area (Å²) in [6.45, 7) is 9.94. The number of nitrogens with zero attached hydrogens (tertiary/aromatic N) is 2. The minimum Gasteiger partial charge on any atom is -0.380 e. The highest BCUT2D eigenvalue weighted by Crippen LogP contribution is 2.44. The van der Waals surface area contributed by atoms with E-state index < -0.39 is 17.4 Å². The second kappa shape index (κ2) is 9.76. The van der Waals surface area contributed by atoms with E-state index in [0.717, 1.165) is 17.0 Å². The van der Waals surface area contributed by atoms with Gasteiger partial charge in [0.25, 0.3) is 0 Å². The van der Waals surface area contributed by atoms with Gasteiger partial charge >= 0.3 is 6.10 Å². The summed E-state index contributed by atoms with van der Waals surface area (Å²) in [5.41, 5.74) is 1.61. The van der Waals surface area contributed by atoms with E-state index in [1.54, 1.807) is 36.9 Å². The lowest BCUT2D eigenvalue weighted by Crippen LogP contribution is -2.53. The SMILES string of the molecule is C=CC(=O)N1CCC(Nc2ccc3c(c2)N(C(O)(O)O)C(=O)C3(C)C)C1.Cc1ccccc1Cl. The zero-order chi connectivity index (χ0) is 25.3. The molecule has 0 spiro atoms. The highest BCUT2D eigenvalue weighted by Gasteiger charge is 2.51. The van der Waals surface area contributed by atoms with Crippen molar-refractivity contribution < 1.29 is 24.9 Å². The summed E-state index contributed by atoms with van der Waals surface area (Å²) in [6, 6.07) is 12.9. The minimum atomic E-state index is -3.28. The first-order chi connectivity index (χ1) is 15.9. The fourth-order valence-electron chi connectivity index (χ4n) is 4.13. The maximum Gasteiger partial charge on any atom is 0.376 e. The van der Waals surface area contributed by atoms with Crippen LogP contribution in [0.3, 0.4) is 0 Å². The number of halogens is 1. The molecule has 0 aromatic heterocycles. The van der Waals surface area contributed by atoms with Crippen molar-refractivity contribution in [2.45, 2.75) is 44.7 Å². The molecule has 1 unspecified atom stereocenters. The Kier molecular flexibility index (Phi) is 7.38. The van der Waals surface area contributed by atoms with Crippen molar-refractivity contribution in [2.75, 3.05) is 23.3 Å². The second-order valence-electron chi connectivity index (χ2n) is 8.96. The molecule has 2 aliphatic heterocycles. The molecule has 0 radical (unpaired) electrons. The van der Waals surface area contributed by atoms with Gasteiger partial charge in [-0.15, -0.1) is 0 Å². The minimum absolute atomic E-state index is 0.0256. The van der Waals surface area contributed by atoms with Gasteiger partial charge in [-0.05, 0) is 62.6 Å². The summed E-state index contributed by atoms with van der Waals surface area (Å²) in [5, 5.41) is 32.9. The second-order valence-corrected chi connectivity index (χ2v) is 9.37. The van der Waals surface area contributed by atoms with Crippen molar-refractivity contribution in [1.29, 1.82) is 0 Å². The van der Waals surface area contributed by atoms with Crippen molar-refractivity contribution in [3.63, 3.8) is 0 Å². The van der Waals surface area contributed by atoms with Crippen LogP contribution < -0.4 is 10.2 Å². The first-order valence-electron chi connectivity index (χ1n) is 10.9. The fourth-order valence-corrected chi connectivity index (χ4v) is 4.27. The van der Waals surface area contributed by atoms with E-state index >= 15 is 0 Å². The van der Waals surface area contributed by atoms with Gasteiger partial charge < -0.3 is 25.5 Å². The molecule has 1 fully saturated rings. The summed E-state index contributed by atoms with van der Waals surface area (Å²) in [7, 11) is 0. The summed E-state index contributed by atoms with van der Waals surface area (Å²) in [5.74, 6) is -0.729. The molecular formula is C25H30ClN3O5. The van der Waals surface area contributed by atoms with Gasteiger partial charge in [-0.3, -0.25) is 9.59 Å². The highest BCUT2D eigenvalue weighted by atomic mass is 35.5. The Balaban J connectivity index is 0.000000343. The van der Waals surface area contributed by atoms with Gasteiger partial charge in [0, 0.05) is 29.8 Å². The summed E-state index contributed by atoms with van der Waals surface area (Å²) < 4.78 is 0. The number of rotatable bonds is 4. The Morgan fingerprint density at radius 2 is 1.91 bits per heavy atom. The lowest BCUT2D eigenvalue weighted by Gasteiger charge is -2.28. The number of anilines is 2. The van der Waals surface area contributed by atoms with Gasteiger partial charge in [-0.1, -0.05) is 42.4 Å². The number of amides is 2. The zero-order valence-corrected chi connectivity index (χ0v) is 20.2. The average Bonchev–Trinajstić information content (AvgIpc) is 3.30. The van der Waals surface area contributed by atoms with Crippen molar-refractivity contribution in [1.82, 2.24) is 4.90 Å². The molecule has 4 N–H and O–H groups in total. The smallest absolute Gasteiger partial charge is 0.376 e. The standard InChI is InChI=1S/C18H23N3O5.C7H7Cl/c1-4-15(22)20-8-7-12(10-20)19-11-5-6-13-14(9-11)21(18(24,25)26)16(23)17(13,2)3;1-6-4-2-3-5-7(6)8/h4-6,9,12,19,24-26H,1,7-8,10H2,2-3H3;2-5H,1H3. The largest absolute Gasteiger partial charge is 0.380 e. The van der Waals surface area contributed by atoms with Gasteiger partial charge in [-0.25, -0.2) is 4.90 Å². The number of benzene rings is 2. The molecule has 8 nitrogen and oxygen atoms in total. The fraction of sp³-hybridized carbons (Fsp3) is 0.360. The van der Waals surface area contributed by atoms with Gasteiger partial charge in [0.2, 0.25) is 11.8 Å². The normalized spacial score (nSPS) is 18.8. The van der Waals surface area contributed by atoms with Crippen LogP contribution in [0, 0.1) is 6.92 Å². The number of hydrogen-bond donors (Lipinski definition) is 4. The van der Waals surface area contributed by atoms with Crippen LogP contribution in [0.1, 0.15) is 31.4 Å². The summed E-state index contributed by atoms with van der Waals surface area (Å²) >= 11 is 5.71. The van der Waals surface area contributed by atoms with Gasteiger partial charge in [-0.2, -0.15) is 0 Å². The summed E-state index contributed by atoms with van der Waals surface area (Å²) in [4.78, 5) is 26.5. The third-order valence-electron chi connectivity index (χ3n) is 6.07. The van der Waals surface area contributed by atoms with Crippen LogP contribution in [-0.4, -0.2) is 57.3 Å². The molecule has 0 aliphatic carbocycles. The van der Waals surface area contributed by atoms with E-state index in [1.165, 1.54) is 6.08 Å². The summed E-state index contributed by atoms with van der Waals surface area (Å²) in [6.07, 6.45) is -1.24. The van der Waals surface area contributed by atoms with Crippen LogP contribution in [-0.2, 0) is 15.0 Å². The molecule has 4 rings (SSSR count). The number of fused-ring (bicyclic) bond motifs is 1. The van der Waals surface area contributed by atoms with Crippen molar-refractivity contribution in [3.8, 4) is 0 Å². The van der Waals surface area contributed by atoms with E-state index in [1.807, 2.05) is 31.2 Å². The molecule has 1 saturated heterocycles. The lowest BCUT2D eigenvalue weighted by atomic mass is 9.86. The van der Waals surface area contributed by atoms with E-state index in [-0.39, 0.29) is 17.6 Å². The highest BCUT2D eigenvalue weighted by molar-refractivity contribution is 6.31. The van der Waals surface area contributed by atoms with Crippen LogP contribution in [0.5, 0.6) is 0 Å². The number of hydrogen-bond acceptors (Lipinski definition) is 6. The maximum atomic E-state index is 12.5. The zero-order valence-electron chi connectivity index (χ0n) is 19.5. The molecule has 9 heteroatoms. The Morgan fingerprint density at radius 3 is 2.47 bits per heavy atom. The third-order valence-corrected chi connectivity index (χ3v) is 6.50. The number of aliphatic hydroxyl groups is 3. The van der Waals surface area contributed by atoms with E-state index in [2.05, 4.69) is 11.9 Å². The van der Waals surface area contributed by atoms with Crippen LogP contribution in [0.25, 0.3) is 0 Å². The van der Waals surface area contributed by atoms with Crippen LogP contribution in [0.15, 0.2) is 55.1 Å². The number of likely N-dealkylation sites (tertiary alicyclic amines) is 1. The van der Waals surface area contributed by atoms with Crippen LogP contribution >= 0.6 is 11.6 Å². The maximum absolute atomic E-state index is 12.5. The molecule has 2 aromatic carbocycles. The monoisotopic (exact) mass is 487 g/mol. The number of carbonyl (C=O) groups excluding carboxylic acids is 2. The molecule has 34 heavy (non-hydrogen) atoms. The predicted molar refractivity (Wildman–Crippen MR) is 131 cm³/mol. The Bertz CT molecular complexity index is 1080. The van der Waals surface area contributed by atoms with Gasteiger partial charge in [0.1, 0.15) is 0 Å². The molecule has 1 atom stereocenters. The number of nitrogens with one attached hydrogen (secondary N) is 1. The predicted octanol–water partition coefficient (Wildman–Crippen LogP) is 2.75.